The van der Waals surface area contributed by atoms with Crippen LogP contribution in [0.5, 0.6) is 0 Å². The number of nitro benzene ring substituents is 1. The summed E-state index contributed by atoms with van der Waals surface area (Å²) >= 11 is 6.03. The van der Waals surface area contributed by atoms with E-state index in [-0.39, 0.29) is 24.1 Å². The Morgan fingerprint density at radius 3 is 2.57 bits per heavy atom. The fourth-order valence-electron chi connectivity index (χ4n) is 2.02. The van der Waals surface area contributed by atoms with Crippen molar-refractivity contribution in [3.8, 4) is 0 Å². The van der Waals surface area contributed by atoms with Gasteiger partial charge in [-0.15, -0.1) is 0 Å². The summed E-state index contributed by atoms with van der Waals surface area (Å²) in [6.07, 6.45) is 0. The molecule has 2 aromatic carbocycles. The first kappa shape index (κ1) is 15.4. The first-order valence-electron chi connectivity index (χ1n) is 6.39. The van der Waals surface area contributed by atoms with Crippen molar-refractivity contribution >= 4 is 17.3 Å². The highest BCUT2D eigenvalue weighted by atomic mass is 35.5. The van der Waals surface area contributed by atoms with Crippen LogP contribution in [0, 0.1) is 15.9 Å². The number of nitro groups is 1. The van der Waals surface area contributed by atoms with Crippen LogP contribution in [-0.4, -0.2) is 4.92 Å². The van der Waals surface area contributed by atoms with Gasteiger partial charge in [-0.2, -0.15) is 0 Å². The molecule has 0 aromatic heterocycles. The molecule has 21 heavy (non-hydrogen) atoms. The van der Waals surface area contributed by atoms with Gasteiger partial charge < -0.3 is 5.32 Å². The largest absolute Gasteiger partial charge is 0.306 e. The predicted molar refractivity (Wildman–Crippen MR) is 79.8 cm³/mol. The number of hydrogen-bond donors (Lipinski definition) is 1. The molecular formula is C15H14ClFN2O2. The molecule has 1 atom stereocenters. The van der Waals surface area contributed by atoms with Crippen LogP contribution in [-0.2, 0) is 6.54 Å². The lowest BCUT2D eigenvalue weighted by Gasteiger charge is -2.15. The number of nitrogens with zero attached hydrogens (tertiary/aromatic N) is 1. The zero-order chi connectivity index (χ0) is 15.4. The molecule has 1 unspecified atom stereocenters. The maximum atomic E-state index is 12.9. The Kier molecular flexibility index (Phi) is 4.88. The van der Waals surface area contributed by atoms with E-state index in [0.717, 1.165) is 5.56 Å². The maximum Gasteiger partial charge on any atom is 0.275 e. The Hall–Kier alpha value is -1.98. The van der Waals surface area contributed by atoms with Gasteiger partial charge in [0.1, 0.15) is 5.82 Å². The van der Waals surface area contributed by atoms with Crippen LogP contribution in [0.1, 0.15) is 24.1 Å². The van der Waals surface area contributed by atoms with Crippen molar-refractivity contribution in [1.29, 1.82) is 0 Å². The monoisotopic (exact) mass is 308 g/mol. The molecule has 0 aliphatic carbocycles. The van der Waals surface area contributed by atoms with Crippen molar-refractivity contribution in [2.75, 3.05) is 0 Å². The summed E-state index contributed by atoms with van der Waals surface area (Å²) in [7, 11) is 0. The Morgan fingerprint density at radius 2 is 1.95 bits per heavy atom. The summed E-state index contributed by atoms with van der Waals surface area (Å²) in [4.78, 5) is 10.6. The predicted octanol–water partition coefficient (Wildman–Crippen LogP) is 4.24. The molecule has 0 fully saturated rings. The van der Waals surface area contributed by atoms with E-state index in [9.17, 15) is 14.5 Å². The average molecular weight is 309 g/mol. The molecule has 1 N–H and O–H groups in total. The van der Waals surface area contributed by atoms with Gasteiger partial charge in [0.25, 0.3) is 5.69 Å². The summed E-state index contributed by atoms with van der Waals surface area (Å²) in [6, 6.07) is 10.6. The molecule has 0 spiro atoms. The molecule has 0 aliphatic heterocycles. The summed E-state index contributed by atoms with van der Waals surface area (Å²) in [6.45, 7) is 2.16. The van der Waals surface area contributed by atoms with E-state index in [1.165, 1.54) is 18.2 Å². The lowest BCUT2D eigenvalue weighted by atomic mass is 10.1. The Bertz CT molecular complexity index is 647. The number of halogens is 2. The number of benzene rings is 2. The van der Waals surface area contributed by atoms with Crippen molar-refractivity contribution in [1.82, 2.24) is 5.32 Å². The molecule has 0 radical (unpaired) electrons. The number of nitrogens with one attached hydrogen (secondary N) is 1. The second-order valence-corrected chi connectivity index (χ2v) is 5.06. The molecule has 0 saturated carbocycles. The third-order valence-electron chi connectivity index (χ3n) is 3.25. The summed E-state index contributed by atoms with van der Waals surface area (Å²) in [5, 5.41) is 14.5. The summed E-state index contributed by atoms with van der Waals surface area (Å²) in [5.74, 6) is -0.298. The molecule has 0 bridgehead atoms. The molecule has 0 saturated heterocycles. The van der Waals surface area contributed by atoms with Crippen LogP contribution < -0.4 is 5.32 Å². The molecule has 0 aliphatic rings. The topological polar surface area (TPSA) is 55.2 Å². The molecular weight excluding hydrogens is 295 g/mol. The smallest absolute Gasteiger partial charge is 0.275 e. The van der Waals surface area contributed by atoms with E-state index in [4.69, 9.17) is 11.6 Å². The van der Waals surface area contributed by atoms with Crippen molar-refractivity contribution in [3.05, 3.63) is 74.5 Å². The maximum absolute atomic E-state index is 12.9. The zero-order valence-electron chi connectivity index (χ0n) is 11.3. The van der Waals surface area contributed by atoms with E-state index >= 15 is 0 Å². The van der Waals surface area contributed by atoms with E-state index in [0.29, 0.717) is 10.6 Å². The van der Waals surface area contributed by atoms with Gasteiger partial charge >= 0.3 is 0 Å². The minimum atomic E-state index is -0.453. The Balaban J connectivity index is 2.13. The quantitative estimate of drug-likeness (QED) is 0.664. The molecule has 2 aromatic rings. The molecule has 0 heterocycles. The fourth-order valence-corrected chi connectivity index (χ4v) is 2.25. The van der Waals surface area contributed by atoms with Gasteiger partial charge in [0.05, 0.1) is 15.5 Å². The third-order valence-corrected chi connectivity index (χ3v) is 3.60. The van der Waals surface area contributed by atoms with Crippen molar-refractivity contribution in [2.45, 2.75) is 19.5 Å². The molecule has 110 valence electrons. The van der Waals surface area contributed by atoms with E-state index in [1.54, 1.807) is 24.3 Å². The highest BCUT2D eigenvalue weighted by molar-refractivity contribution is 6.31. The molecule has 6 heteroatoms. The van der Waals surface area contributed by atoms with E-state index < -0.39 is 4.92 Å². The highest BCUT2D eigenvalue weighted by Crippen LogP contribution is 2.26. The van der Waals surface area contributed by atoms with Gasteiger partial charge in [0, 0.05) is 18.7 Å². The van der Waals surface area contributed by atoms with Crippen LogP contribution in [0.2, 0.25) is 5.02 Å². The average Bonchev–Trinajstić information content (AvgIpc) is 2.46. The molecule has 0 amide bonds. The third kappa shape index (κ3) is 3.77. The minimum Gasteiger partial charge on any atom is -0.306 e. The van der Waals surface area contributed by atoms with Gasteiger partial charge in [-0.1, -0.05) is 29.8 Å². The highest BCUT2D eigenvalue weighted by Gasteiger charge is 2.17. The fraction of sp³-hybridized carbons (Fsp3) is 0.200. The van der Waals surface area contributed by atoms with Crippen molar-refractivity contribution < 1.29 is 9.31 Å². The zero-order valence-corrected chi connectivity index (χ0v) is 12.1. The van der Waals surface area contributed by atoms with Crippen LogP contribution in [0.3, 0.4) is 0 Å². The van der Waals surface area contributed by atoms with Crippen LogP contribution in [0.4, 0.5) is 10.1 Å². The van der Waals surface area contributed by atoms with Crippen molar-refractivity contribution in [3.63, 3.8) is 0 Å². The first-order chi connectivity index (χ1) is 9.99. The van der Waals surface area contributed by atoms with Gasteiger partial charge in [0.15, 0.2) is 0 Å². The summed E-state index contributed by atoms with van der Waals surface area (Å²) in [5.41, 5.74) is 1.32. The molecule has 4 nitrogen and oxygen atoms in total. The second kappa shape index (κ2) is 6.65. The second-order valence-electron chi connectivity index (χ2n) is 4.65. The standard InChI is InChI=1S/C15H14ClFN2O2/c1-10(11-5-7-12(17)8-6-11)18-9-13-14(16)3-2-4-15(13)19(20)21/h2-8,10,18H,9H2,1H3. The summed E-state index contributed by atoms with van der Waals surface area (Å²) < 4.78 is 12.9. The van der Waals surface area contributed by atoms with E-state index in [1.807, 2.05) is 6.92 Å². The molecule has 2 rings (SSSR count). The lowest BCUT2D eigenvalue weighted by molar-refractivity contribution is -0.385. The van der Waals surface area contributed by atoms with Crippen molar-refractivity contribution in [2.24, 2.45) is 0 Å². The van der Waals surface area contributed by atoms with Gasteiger partial charge in [-0.25, -0.2) is 4.39 Å². The SMILES string of the molecule is CC(NCc1c(Cl)cccc1[N+](=O)[O-])c1ccc(F)cc1. The van der Waals surface area contributed by atoms with Crippen LogP contribution in [0.15, 0.2) is 42.5 Å². The van der Waals surface area contributed by atoms with Crippen LogP contribution >= 0.6 is 11.6 Å². The van der Waals surface area contributed by atoms with Gasteiger partial charge in [-0.3, -0.25) is 10.1 Å². The number of hydrogen-bond acceptors (Lipinski definition) is 3. The number of rotatable bonds is 5. The minimum absolute atomic E-state index is 0.0127. The van der Waals surface area contributed by atoms with Crippen LogP contribution in [0.25, 0.3) is 0 Å². The Labute approximate surface area is 126 Å². The van der Waals surface area contributed by atoms with Gasteiger partial charge in [-0.05, 0) is 30.7 Å². The lowest BCUT2D eigenvalue weighted by Crippen LogP contribution is -2.19. The Morgan fingerprint density at radius 1 is 1.29 bits per heavy atom. The normalized spacial score (nSPS) is 12.1. The van der Waals surface area contributed by atoms with E-state index in [2.05, 4.69) is 5.32 Å². The van der Waals surface area contributed by atoms with Gasteiger partial charge in [0.2, 0.25) is 0 Å². The first-order valence-corrected chi connectivity index (χ1v) is 6.77.